The smallest absolute Gasteiger partial charge is 0.225 e. The molecule has 1 heterocycles. The van der Waals surface area contributed by atoms with E-state index in [1.54, 1.807) is 37.7 Å². The number of hydrogen-bond donors (Lipinski definition) is 2. The molecule has 25 heavy (non-hydrogen) atoms. The maximum atomic E-state index is 11.8. The van der Waals surface area contributed by atoms with Crippen molar-refractivity contribution < 1.29 is 14.3 Å². The lowest BCUT2D eigenvalue weighted by atomic mass is 10.2. The van der Waals surface area contributed by atoms with E-state index < -0.39 is 0 Å². The van der Waals surface area contributed by atoms with E-state index in [0.29, 0.717) is 36.8 Å². The van der Waals surface area contributed by atoms with Gasteiger partial charge in [0.15, 0.2) is 11.5 Å². The van der Waals surface area contributed by atoms with Crippen molar-refractivity contribution in [2.75, 3.05) is 26.0 Å². The van der Waals surface area contributed by atoms with E-state index >= 15 is 0 Å². The van der Waals surface area contributed by atoms with Gasteiger partial charge in [0, 0.05) is 37.1 Å². The molecule has 2 N–H and O–H groups in total. The fraction of sp³-hybridized carbons (Fsp3) is 0.294. The molecule has 0 saturated carbocycles. The van der Waals surface area contributed by atoms with Gasteiger partial charge in [-0.2, -0.15) is 0 Å². The Morgan fingerprint density at radius 2 is 1.84 bits per heavy atom. The quantitative estimate of drug-likeness (QED) is 0.727. The van der Waals surface area contributed by atoms with Gasteiger partial charge in [0.25, 0.3) is 0 Å². The number of methoxy groups -OCH3 is 1. The van der Waals surface area contributed by atoms with Crippen molar-refractivity contribution in [1.29, 1.82) is 0 Å². The van der Waals surface area contributed by atoms with Crippen LogP contribution in [0.2, 0.25) is 0 Å². The minimum atomic E-state index is -0.0513. The summed E-state index contributed by atoms with van der Waals surface area (Å²) in [4.78, 5) is 15.8. The second-order valence-corrected chi connectivity index (χ2v) is 4.91. The first kappa shape index (κ1) is 23.0. The number of aromatic nitrogens is 1. The molecule has 0 radical (unpaired) electrons. The maximum absolute atomic E-state index is 11.8. The van der Waals surface area contributed by atoms with Crippen LogP contribution in [0.3, 0.4) is 0 Å². The van der Waals surface area contributed by atoms with Crippen molar-refractivity contribution in [2.45, 2.75) is 13.0 Å². The van der Waals surface area contributed by atoms with Crippen LogP contribution in [0.25, 0.3) is 0 Å². The lowest BCUT2D eigenvalue weighted by molar-refractivity contribution is -0.116. The largest absolute Gasteiger partial charge is 0.493 e. The average Bonchev–Trinajstić information content (AvgIpc) is 2.59. The van der Waals surface area contributed by atoms with Crippen molar-refractivity contribution in [3.63, 3.8) is 0 Å². The Labute approximate surface area is 160 Å². The highest BCUT2D eigenvalue weighted by molar-refractivity contribution is 5.91. The second kappa shape index (κ2) is 12.4. The Hall–Kier alpha value is -2.02. The third-order valence-corrected chi connectivity index (χ3v) is 3.19. The highest BCUT2D eigenvalue weighted by Crippen LogP contribution is 2.30. The monoisotopic (exact) mass is 387 g/mol. The molecule has 0 aliphatic rings. The molecule has 2 aromatic rings. The molecule has 138 valence electrons. The Morgan fingerprint density at radius 1 is 1.12 bits per heavy atom. The summed E-state index contributed by atoms with van der Waals surface area (Å²) >= 11 is 0. The number of anilines is 1. The molecule has 0 bridgehead atoms. The van der Waals surface area contributed by atoms with E-state index in [2.05, 4.69) is 15.6 Å². The first-order valence-electron chi connectivity index (χ1n) is 7.37. The number of pyridine rings is 1. The molecule has 0 aliphatic heterocycles. The number of nitrogens with one attached hydrogen (secondary N) is 2. The van der Waals surface area contributed by atoms with Gasteiger partial charge in [0.05, 0.1) is 7.11 Å². The van der Waals surface area contributed by atoms with Crippen LogP contribution in [0.1, 0.15) is 12.0 Å². The van der Waals surface area contributed by atoms with E-state index in [1.807, 2.05) is 19.2 Å². The predicted octanol–water partition coefficient (Wildman–Crippen LogP) is 3.06. The van der Waals surface area contributed by atoms with Crippen LogP contribution in [0.5, 0.6) is 11.5 Å². The third kappa shape index (κ3) is 7.60. The molecule has 1 amide bonds. The van der Waals surface area contributed by atoms with Gasteiger partial charge in [-0.15, -0.1) is 24.8 Å². The molecular weight excluding hydrogens is 365 g/mol. The van der Waals surface area contributed by atoms with Gasteiger partial charge >= 0.3 is 0 Å². The van der Waals surface area contributed by atoms with Crippen LogP contribution >= 0.6 is 24.8 Å². The zero-order valence-electron chi connectivity index (χ0n) is 14.2. The minimum absolute atomic E-state index is 0. The molecule has 0 spiro atoms. The van der Waals surface area contributed by atoms with Gasteiger partial charge in [0.2, 0.25) is 5.91 Å². The summed E-state index contributed by atoms with van der Waals surface area (Å²) in [6.07, 6.45) is 3.85. The van der Waals surface area contributed by atoms with Crippen molar-refractivity contribution in [2.24, 2.45) is 0 Å². The molecule has 1 aromatic carbocycles. The highest BCUT2D eigenvalue weighted by atomic mass is 35.5. The number of carbonyl (C=O) groups is 1. The van der Waals surface area contributed by atoms with Crippen LogP contribution < -0.4 is 20.1 Å². The first-order chi connectivity index (χ1) is 11.2. The van der Waals surface area contributed by atoms with E-state index in [9.17, 15) is 4.79 Å². The fourth-order valence-corrected chi connectivity index (χ4v) is 1.97. The van der Waals surface area contributed by atoms with Crippen molar-refractivity contribution >= 4 is 36.4 Å². The second-order valence-electron chi connectivity index (χ2n) is 4.91. The third-order valence-electron chi connectivity index (χ3n) is 3.19. The van der Waals surface area contributed by atoms with E-state index in [0.717, 1.165) is 5.56 Å². The van der Waals surface area contributed by atoms with Gasteiger partial charge in [-0.1, -0.05) is 0 Å². The molecule has 0 atom stereocenters. The molecule has 6 nitrogen and oxygen atoms in total. The number of amides is 1. The number of halogens is 2. The summed E-state index contributed by atoms with van der Waals surface area (Å²) in [5.74, 6) is 1.15. The number of ether oxygens (including phenoxy) is 2. The number of benzene rings is 1. The standard InChI is InChI=1S/C17H21N3O3.2ClH/c1-18-8-7-17(21)20-14-3-4-15(22-2)16(11-14)23-12-13-5-9-19-10-6-13;;/h3-6,9-11,18H,7-8,12H2,1-2H3,(H,20,21);2*1H. The van der Waals surface area contributed by atoms with Crippen LogP contribution in [-0.4, -0.2) is 31.6 Å². The molecule has 2 rings (SSSR count). The number of rotatable bonds is 8. The van der Waals surface area contributed by atoms with Gasteiger partial charge in [-0.25, -0.2) is 0 Å². The normalized spacial score (nSPS) is 9.36. The zero-order chi connectivity index (χ0) is 16.5. The predicted molar refractivity (Wildman–Crippen MR) is 103 cm³/mol. The lowest BCUT2D eigenvalue weighted by Gasteiger charge is -2.13. The molecule has 1 aromatic heterocycles. The highest BCUT2D eigenvalue weighted by Gasteiger charge is 2.08. The summed E-state index contributed by atoms with van der Waals surface area (Å²) in [7, 11) is 3.39. The zero-order valence-corrected chi connectivity index (χ0v) is 15.8. The summed E-state index contributed by atoms with van der Waals surface area (Å²) in [6.45, 7) is 1.03. The Kier molecular flexibility index (Phi) is 11.4. The summed E-state index contributed by atoms with van der Waals surface area (Å²) in [6, 6.07) is 9.09. The Balaban J connectivity index is 0.00000288. The molecule has 0 unspecified atom stereocenters. The van der Waals surface area contributed by atoms with Crippen molar-refractivity contribution in [3.05, 3.63) is 48.3 Å². The fourth-order valence-electron chi connectivity index (χ4n) is 1.97. The van der Waals surface area contributed by atoms with Gasteiger partial charge in [-0.3, -0.25) is 9.78 Å². The molecule has 8 heteroatoms. The van der Waals surface area contributed by atoms with E-state index in [1.165, 1.54) is 0 Å². The topological polar surface area (TPSA) is 72.5 Å². The molecular formula is C17H23Cl2N3O3. The first-order valence-corrected chi connectivity index (χ1v) is 7.37. The van der Waals surface area contributed by atoms with Crippen LogP contribution in [-0.2, 0) is 11.4 Å². The van der Waals surface area contributed by atoms with E-state index in [4.69, 9.17) is 9.47 Å². The van der Waals surface area contributed by atoms with Gasteiger partial charge in [0.1, 0.15) is 6.61 Å². The van der Waals surface area contributed by atoms with Crippen LogP contribution in [0.4, 0.5) is 5.69 Å². The number of carbonyl (C=O) groups excluding carboxylic acids is 1. The average molecular weight is 388 g/mol. The summed E-state index contributed by atoms with van der Waals surface area (Å²) < 4.78 is 11.1. The number of nitrogens with zero attached hydrogens (tertiary/aromatic N) is 1. The Morgan fingerprint density at radius 3 is 2.48 bits per heavy atom. The SMILES string of the molecule is CNCCC(=O)Nc1ccc(OC)c(OCc2ccncc2)c1.Cl.Cl. The summed E-state index contributed by atoms with van der Waals surface area (Å²) in [5, 5.41) is 5.78. The summed E-state index contributed by atoms with van der Waals surface area (Å²) in [5.41, 5.74) is 1.68. The van der Waals surface area contributed by atoms with Gasteiger partial charge < -0.3 is 20.1 Å². The molecule has 0 saturated heterocycles. The van der Waals surface area contributed by atoms with E-state index in [-0.39, 0.29) is 30.7 Å². The maximum Gasteiger partial charge on any atom is 0.225 e. The van der Waals surface area contributed by atoms with Gasteiger partial charge in [-0.05, 0) is 36.9 Å². The van der Waals surface area contributed by atoms with Crippen molar-refractivity contribution in [3.8, 4) is 11.5 Å². The number of hydrogen-bond acceptors (Lipinski definition) is 5. The van der Waals surface area contributed by atoms with Crippen LogP contribution in [0, 0.1) is 0 Å². The Bertz CT molecular complexity index is 642. The van der Waals surface area contributed by atoms with Crippen molar-refractivity contribution in [1.82, 2.24) is 10.3 Å². The minimum Gasteiger partial charge on any atom is -0.493 e. The van der Waals surface area contributed by atoms with Crippen LogP contribution in [0.15, 0.2) is 42.7 Å². The molecule has 0 aliphatic carbocycles. The lowest BCUT2D eigenvalue weighted by Crippen LogP contribution is -2.18. The molecule has 0 fully saturated rings.